The summed E-state index contributed by atoms with van der Waals surface area (Å²) in [5.74, 6) is 0. The average Bonchev–Trinajstić information content (AvgIpc) is 2.43. The predicted octanol–water partition coefficient (Wildman–Crippen LogP) is 1.75. The summed E-state index contributed by atoms with van der Waals surface area (Å²) in [5.41, 5.74) is 1.43. The van der Waals surface area contributed by atoms with Gasteiger partial charge in [-0.25, -0.2) is 0 Å². The van der Waals surface area contributed by atoms with Gasteiger partial charge in [-0.2, -0.15) is 0 Å². The Morgan fingerprint density at radius 2 is 1.85 bits per heavy atom. The van der Waals surface area contributed by atoms with Crippen molar-refractivity contribution in [2.75, 3.05) is 39.9 Å². The van der Waals surface area contributed by atoms with E-state index in [9.17, 15) is 4.39 Å². The summed E-state index contributed by atoms with van der Waals surface area (Å²) in [6.45, 7) is 9.48. The Balaban J connectivity index is 0.000000704. The molecule has 4 heteroatoms. The Morgan fingerprint density at radius 3 is 2.40 bits per heavy atom. The lowest BCUT2D eigenvalue weighted by Crippen LogP contribution is -2.63. The van der Waals surface area contributed by atoms with Crippen LogP contribution >= 0.6 is 0 Å². The quantitative estimate of drug-likeness (QED) is 0.909. The maximum Gasteiger partial charge on any atom is 0.0785 e. The number of alkyl halides is 1. The molecule has 1 atom stereocenters. The highest BCUT2D eigenvalue weighted by Crippen LogP contribution is 2.16. The van der Waals surface area contributed by atoms with E-state index in [1.807, 2.05) is 0 Å². The highest BCUT2D eigenvalue weighted by molar-refractivity contribution is 5.14. The molecule has 112 valence electrons. The normalized spacial score (nSPS) is 24.6. The zero-order valence-electron chi connectivity index (χ0n) is 12.6. The van der Waals surface area contributed by atoms with Crippen LogP contribution in [-0.2, 0) is 6.54 Å². The van der Waals surface area contributed by atoms with E-state index in [1.54, 1.807) is 0 Å². The van der Waals surface area contributed by atoms with Crippen molar-refractivity contribution in [2.45, 2.75) is 25.6 Å². The molecule has 0 radical (unpaired) electrons. The first kappa shape index (κ1) is 15.4. The smallest absolute Gasteiger partial charge is 0.0785 e. The van der Waals surface area contributed by atoms with Crippen LogP contribution in [-0.4, -0.2) is 61.8 Å². The van der Waals surface area contributed by atoms with Crippen molar-refractivity contribution in [3.63, 3.8) is 0 Å². The monoisotopic (exact) mass is 279 g/mol. The van der Waals surface area contributed by atoms with Gasteiger partial charge in [0, 0.05) is 51.4 Å². The van der Waals surface area contributed by atoms with Crippen molar-refractivity contribution >= 4 is 0 Å². The van der Waals surface area contributed by atoms with Crippen LogP contribution in [0.15, 0.2) is 30.3 Å². The van der Waals surface area contributed by atoms with Gasteiger partial charge < -0.3 is 5.32 Å². The average molecular weight is 279 g/mol. The van der Waals surface area contributed by atoms with E-state index in [0.29, 0.717) is 13.2 Å². The summed E-state index contributed by atoms with van der Waals surface area (Å²) in [4.78, 5) is 5.26. The second kappa shape index (κ2) is 7.72. The molecule has 2 aliphatic heterocycles. The van der Waals surface area contributed by atoms with E-state index in [-0.39, 0.29) is 0 Å². The molecular weight excluding hydrogens is 253 g/mol. The zero-order valence-corrected chi connectivity index (χ0v) is 12.6. The van der Waals surface area contributed by atoms with Gasteiger partial charge in [0.05, 0.1) is 7.18 Å². The van der Waals surface area contributed by atoms with Crippen molar-refractivity contribution in [3.05, 3.63) is 35.9 Å². The number of nitrogens with one attached hydrogen (secondary N) is 1. The summed E-state index contributed by atoms with van der Waals surface area (Å²) in [5, 5.41) is 3.37. The van der Waals surface area contributed by atoms with E-state index in [0.717, 1.165) is 12.6 Å². The van der Waals surface area contributed by atoms with Gasteiger partial charge in [0.25, 0.3) is 0 Å². The fourth-order valence-electron chi connectivity index (χ4n) is 2.94. The molecule has 2 heterocycles. The number of piperazine rings is 1. The molecule has 1 aromatic rings. The van der Waals surface area contributed by atoms with Gasteiger partial charge in [0.2, 0.25) is 0 Å². The van der Waals surface area contributed by atoms with Gasteiger partial charge in [0.15, 0.2) is 0 Å². The second-order valence-corrected chi connectivity index (χ2v) is 5.61. The Hall–Kier alpha value is -0.970. The lowest BCUT2D eigenvalue weighted by Gasteiger charge is -2.46. The Labute approximate surface area is 121 Å². The van der Waals surface area contributed by atoms with Crippen molar-refractivity contribution in [2.24, 2.45) is 0 Å². The van der Waals surface area contributed by atoms with Crippen LogP contribution in [0.4, 0.5) is 4.39 Å². The largest absolute Gasteiger partial charge is 0.314 e. The first-order chi connectivity index (χ1) is 9.83. The molecule has 0 bridgehead atoms. The summed E-state index contributed by atoms with van der Waals surface area (Å²) >= 11 is 0. The third-order valence-electron chi connectivity index (χ3n) is 4.30. The van der Waals surface area contributed by atoms with Crippen molar-refractivity contribution in [3.8, 4) is 0 Å². The molecule has 3 nitrogen and oxygen atoms in total. The van der Waals surface area contributed by atoms with Crippen molar-refractivity contribution in [1.82, 2.24) is 15.1 Å². The lowest BCUT2D eigenvalue weighted by atomic mass is 10.1. The molecule has 20 heavy (non-hydrogen) atoms. The number of rotatable bonds is 3. The van der Waals surface area contributed by atoms with Crippen LogP contribution in [0.25, 0.3) is 0 Å². The van der Waals surface area contributed by atoms with Gasteiger partial charge in [-0.1, -0.05) is 30.3 Å². The molecule has 2 fully saturated rings. The van der Waals surface area contributed by atoms with E-state index < -0.39 is 0 Å². The van der Waals surface area contributed by atoms with Crippen LogP contribution in [0, 0.1) is 0 Å². The molecule has 0 aliphatic carbocycles. The minimum Gasteiger partial charge on any atom is -0.314 e. The molecular formula is C16H26FN3. The highest BCUT2D eigenvalue weighted by Gasteiger charge is 2.30. The van der Waals surface area contributed by atoms with E-state index in [4.69, 9.17) is 0 Å². The van der Waals surface area contributed by atoms with E-state index >= 15 is 0 Å². The number of hydrogen-bond donors (Lipinski definition) is 1. The molecule has 1 aromatic carbocycles. The van der Waals surface area contributed by atoms with Crippen LogP contribution in [0.1, 0.15) is 12.5 Å². The van der Waals surface area contributed by atoms with Gasteiger partial charge in [-0.05, 0) is 12.5 Å². The van der Waals surface area contributed by atoms with Crippen LogP contribution in [0.2, 0.25) is 0 Å². The number of benzene rings is 1. The first-order valence-corrected chi connectivity index (χ1v) is 7.43. The Kier molecular flexibility index (Phi) is 5.95. The minimum atomic E-state index is 0.500. The molecule has 0 amide bonds. The molecule has 0 spiro atoms. The predicted molar refractivity (Wildman–Crippen MR) is 81.6 cm³/mol. The number of halogens is 1. The molecule has 1 N–H and O–H groups in total. The third-order valence-corrected chi connectivity index (χ3v) is 4.30. The second-order valence-electron chi connectivity index (χ2n) is 5.61. The molecule has 2 saturated heterocycles. The topological polar surface area (TPSA) is 18.5 Å². The van der Waals surface area contributed by atoms with Gasteiger partial charge in [-0.15, -0.1) is 0 Å². The van der Waals surface area contributed by atoms with E-state index in [1.165, 1.54) is 38.3 Å². The maximum absolute atomic E-state index is 9.50. The minimum absolute atomic E-state index is 0.500. The van der Waals surface area contributed by atoms with Crippen molar-refractivity contribution in [1.29, 1.82) is 0 Å². The molecule has 0 saturated carbocycles. The van der Waals surface area contributed by atoms with Crippen molar-refractivity contribution < 1.29 is 4.39 Å². The van der Waals surface area contributed by atoms with Gasteiger partial charge >= 0.3 is 0 Å². The van der Waals surface area contributed by atoms with Gasteiger partial charge in [-0.3, -0.25) is 14.2 Å². The van der Waals surface area contributed by atoms with Crippen LogP contribution < -0.4 is 5.32 Å². The third kappa shape index (κ3) is 3.78. The fourth-order valence-corrected chi connectivity index (χ4v) is 2.94. The highest BCUT2D eigenvalue weighted by atomic mass is 19.1. The van der Waals surface area contributed by atoms with E-state index in [2.05, 4.69) is 52.4 Å². The summed E-state index contributed by atoms with van der Waals surface area (Å²) in [7, 11) is 0.500. The Bertz CT molecular complexity index is 381. The lowest BCUT2D eigenvalue weighted by molar-refractivity contribution is 0.0346. The fraction of sp³-hybridized carbons (Fsp3) is 0.625. The zero-order chi connectivity index (χ0) is 14.4. The maximum atomic E-state index is 9.50. The van der Waals surface area contributed by atoms with Crippen LogP contribution in [0.5, 0.6) is 0 Å². The molecule has 1 unspecified atom stereocenters. The van der Waals surface area contributed by atoms with Crippen LogP contribution in [0.3, 0.4) is 0 Å². The summed E-state index contributed by atoms with van der Waals surface area (Å²) < 4.78 is 9.50. The summed E-state index contributed by atoms with van der Waals surface area (Å²) in [6, 6.07) is 12.3. The first-order valence-electron chi connectivity index (χ1n) is 7.43. The number of nitrogens with zero attached hydrogens (tertiary/aromatic N) is 2. The SMILES string of the molecule is CC1CN(C2CNC2)CCN1Cc1ccccc1.CF. The molecule has 2 aliphatic rings. The molecule has 0 aromatic heterocycles. The Morgan fingerprint density at radius 1 is 1.15 bits per heavy atom. The summed E-state index contributed by atoms with van der Waals surface area (Å²) in [6.07, 6.45) is 0. The number of hydrogen-bond acceptors (Lipinski definition) is 3. The van der Waals surface area contributed by atoms with Gasteiger partial charge in [0.1, 0.15) is 0 Å². The molecule has 3 rings (SSSR count). The standard InChI is InChI=1S/C15H23N3.CH3F/c1-13-11-18(15-9-16-10-15)8-7-17(13)12-14-5-3-2-4-6-14;1-2/h2-6,13,15-16H,7-12H2,1H3;1H3.